The van der Waals surface area contributed by atoms with Gasteiger partial charge >= 0.3 is 6.18 Å². The zero-order chi connectivity index (χ0) is 16.0. The third kappa shape index (κ3) is 5.54. The van der Waals surface area contributed by atoms with Crippen LogP contribution >= 0.6 is 0 Å². The molecule has 2 rings (SSSR count). The van der Waals surface area contributed by atoms with Gasteiger partial charge in [-0.05, 0) is 30.9 Å². The topological polar surface area (TPSA) is 51.2 Å². The van der Waals surface area contributed by atoms with Crippen LogP contribution in [0.1, 0.15) is 32.1 Å². The molecule has 1 aliphatic carbocycles. The van der Waals surface area contributed by atoms with E-state index in [1.54, 1.807) is 18.3 Å². The van der Waals surface area contributed by atoms with Gasteiger partial charge in [0.15, 0.2) is 6.61 Å². The molecule has 0 spiro atoms. The minimum Gasteiger partial charge on any atom is -0.482 e. The van der Waals surface area contributed by atoms with Crippen LogP contribution in [-0.2, 0) is 4.79 Å². The maximum atomic E-state index is 12.6. The first-order chi connectivity index (χ1) is 10.4. The first-order valence-corrected chi connectivity index (χ1v) is 7.33. The minimum atomic E-state index is -4.20. The highest BCUT2D eigenvalue weighted by molar-refractivity contribution is 5.77. The normalized spacial score (nSPS) is 22.1. The third-order valence-electron chi connectivity index (χ3n) is 3.75. The Balaban J connectivity index is 1.83. The number of halogens is 3. The van der Waals surface area contributed by atoms with E-state index in [0.717, 1.165) is 12.8 Å². The SMILES string of the molecule is O=C(COc1cccnc1)N[C@H]1CCCC[C@H]1CC(F)(F)F. The lowest BCUT2D eigenvalue weighted by molar-refractivity contribution is -0.150. The van der Waals surface area contributed by atoms with Gasteiger partial charge in [-0.2, -0.15) is 13.2 Å². The predicted octanol–water partition coefficient (Wildman–Crippen LogP) is 3.09. The summed E-state index contributed by atoms with van der Waals surface area (Å²) in [7, 11) is 0. The van der Waals surface area contributed by atoms with E-state index in [1.807, 2.05) is 0 Å². The lowest BCUT2D eigenvalue weighted by Crippen LogP contribution is -2.45. The van der Waals surface area contributed by atoms with Crippen LogP contribution in [0, 0.1) is 5.92 Å². The minimum absolute atomic E-state index is 0.221. The van der Waals surface area contributed by atoms with Crippen LogP contribution in [-0.4, -0.2) is 29.7 Å². The maximum absolute atomic E-state index is 12.6. The Labute approximate surface area is 127 Å². The molecule has 122 valence electrons. The number of nitrogens with zero attached hydrogens (tertiary/aromatic N) is 1. The number of carbonyl (C=O) groups excluding carboxylic acids is 1. The number of aromatic nitrogens is 1. The van der Waals surface area contributed by atoms with E-state index >= 15 is 0 Å². The lowest BCUT2D eigenvalue weighted by Gasteiger charge is -2.32. The van der Waals surface area contributed by atoms with Crippen LogP contribution in [0.2, 0.25) is 0 Å². The molecule has 1 aromatic heterocycles. The molecule has 1 saturated carbocycles. The first-order valence-electron chi connectivity index (χ1n) is 7.33. The van der Waals surface area contributed by atoms with Crippen molar-refractivity contribution >= 4 is 5.91 Å². The number of nitrogens with one attached hydrogen (secondary N) is 1. The quantitative estimate of drug-likeness (QED) is 0.908. The van der Waals surface area contributed by atoms with Crippen molar-refractivity contribution < 1.29 is 22.7 Å². The number of hydrogen-bond donors (Lipinski definition) is 1. The molecule has 1 aromatic rings. The van der Waals surface area contributed by atoms with E-state index in [1.165, 1.54) is 6.20 Å². The summed E-state index contributed by atoms with van der Waals surface area (Å²) in [6.07, 6.45) is 0.699. The second-order valence-corrected chi connectivity index (χ2v) is 5.52. The summed E-state index contributed by atoms with van der Waals surface area (Å²) in [4.78, 5) is 15.7. The van der Waals surface area contributed by atoms with Crippen molar-refractivity contribution in [2.24, 2.45) is 5.92 Å². The Morgan fingerprint density at radius 2 is 2.14 bits per heavy atom. The maximum Gasteiger partial charge on any atom is 0.389 e. The van der Waals surface area contributed by atoms with Crippen LogP contribution < -0.4 is 10.1 Å². The Hall–Kier alpha value is -1.79. The van der Waals surface area contributed by atoms with E-state index in [0.29, 0.717) is 18.6 Å². The van der Waals surface area contributed by atoms with Gasteiger partial charge in [0.1, 0.15) is 5.75 Å². The molecule has 1 aliphatic rings. The second kappa shape index (κ2) is 7.47. The first kappa shape index (κ1) is 16.6. The van der Waals surface area contributed by atoms with Crippen molar-refractivity contribution in [2.45, 2.75) is 44.3 Å². The Morgan fingerprint density at radius 1 is 1.36 bits per heavy atom. The molecular formula is C15H19F3N2O2. The summed E-state index contributed by atoms with van der Waals surface area (Å²) in [5.41, 5.74) is 0. The second-order valence-electron chi connectivity index (χ2n) is 5.52. The molecule has 1 fully saturated rings. The van der Waals surface area contributed by atoms with E-state index in [4.69, 9.17) is 4.74 Å². The molecule has 1 heterocycles. The summed E-state index contributed by atoms with van der Waals surface area (Å²) >= 11 is 0. The summed E-state index contributed by atoms with van der Waals surface area (Å²) in [6, 6.07) is 2.90. The standard InChI is InChI=1S/C15H19F3N2O2/c16-15(17,18)8-11-4-1-2-6-13(11)20-14(21)10-22-12-5-3-7-19-9-12/h3,5,7,9,11,13H,1-2,4,6,8,10H2,(H,20,21)/t11-,13-/m0/s1. The molecule has 0 aliphatic heterocycles. The molecule has 0 aromatic carbocycles. The van der Waals surface area contributed by atoms with Crippen LogP contribution in [0.25, 0.3) is 0 Å². The van der Waals surface area contributed by atoms with Gasteiger partial charge in [-0.1, -0.05) is 12.8 Å². The van der Waals surface area contributed by atoms with E-state index < -0.39 is 30.5 Å². The van der Waals surface area contributed by atoms with E-state index in [9.17, 15) is 18.0 Å². The van der Waals surface area contributed by atoms with Gasteiger partial charge in [0.2, 0.25) is 0 Å². The number of pyridine rings is 1. The molecule has 1 N–H and O–H groups in total. The van der Waals surface area contributed by atoms with E-state index in [2.05, 4.69) is 10.3 Å². The average molecular weight is 316 g/mol. The molecule has 22 heavy (non-hydrogen) atoms. The highest BCUT2D eigenvalue weighted by atomic mass is 19.4. The van der Waals surface area contributed by atoms with Crippen molar-refractivity contribution in [1.29, 1.82) is 0 Å². The summed E-state index contributed by atoms with van der Waals surface area (Å²) in [5, 5.41) is 2.68. The van der Waals surface area contributed by atoms with Gasteiger partial charge in [0.25, 0.3) is 5.91 Å². The molecule has 0 radical (unpaired) electrons. The summed E-state index contributed by atoms with van der Waals surface area (Å²) in [6.45, 7) is -0.221. The number of rotatable bonds is 5. The monoisotopic (exact) mass is 316 g/mol. The highest BCUT2D eigenvalue weighted by Gasteiger charge is 2.37. The fourth-order valence-electron chi connectivity index (χ4n) is 2.77. The number of amides is 1. The predicted molar refractivity (Wildman–Crippen MR) is 74.3 cm³/mol. The van der Waals surface area contributed by atoms with Gasteiger partial charge in [-0.3, -0.25) is 9.78 Å². The Kier molecular flexibility index (Phi) is 5.63. The van der Waals surface area contributed by atoms with Crippen molar-refractivity contribution in [3.8, 4) is 5.75 Å². The number of ether oxygens (including phenoxy) is 1. The molecule has 0 saturated heterocycles. The molecule has 2 atom stereocenters. The van der Waals surface area contributed by atoms with Crippen molar-refractivity contribution in [2.75, 3.05) is 6.61 Å². The zero-order valence-electron chi connectivity index (χ0n) is 12.1. The van der Waals surface area contributed by atoms with Crippen LogP contribution in [0.4, 0.5) is 13.2 Å². The largest absolute Gasteiger partial charge is 0.482 e. The fraction of sp³-hybridized carbons (Fsp3) is 0.600. The van der Waals surface area contributed by atoms with Gasteiger partial charge in [-0.15, -0.1) is 0 Å². The Morgan fingerprint density at radius 3 is 2.82 bits per heavy atom. The molecule has 4 nitrogen and oxygen atoms in total. The number of alkyl halides is 3. The lowest BCUT2D eigenvalue weighted by atomic mass is 9.82. The van der Waals surface area contributed by atoms with E-state index in [-0.39, 0.29) is 6.61 Å². The van der Waals surface area contributed by atoms with Crippen LogP contribution in [0.3, 0.4) is 0 Å². The fourth-order valence-corrected chi connectivity index (χ4v) is 2.77. The zero-order valence-corrected chi connectivity index (χ0v) is 12.1. The molecule has 1 amide bonds. The smallest absolute Gasteiger partial charge is 0.389 e. The Bertz CT molecular complexity index is 479. The molecule has 0 unspecified atom stereocenters. The average Bonchev–Trinajstić information content (AvgIpc) is 2.47. The summed E-state index contributed by atoms with van der Waals surface area (Å²) < 4.78 is 43.0. The molecular weight excluding hydrogens is 297 g/mol. The van der Waals surface area contributed by atoms with Crippen molar-refractivity contribution in [1.82, 2.24) is 10.3 Å². The van der Waals surface area contributed by atoms with Gasteiger partial charge < -0.3 is 10.1 Å². The van der Waals surface area contributed by atoms with Crippen LogP contribution in [0.5, 0.6) is 5.75 Å². The van der Waals surface area contributed by atoms with Gasteiger partial charge in [0, 0.05) is 18.7 Å². The highest BCUT2D eigenvalue weighted by Crippen LogP contribution is 2.34. The van der Waals surface area contributed by atoms with Gasteiger partial charge in [0.05, 0.1) is 6.20 Å². The summed E-state index contributed by atoms with van der Waals surface area (Å²) in [5.74, 6) is -0.493. The van der Waals surface area contributed by atoms with Crippen molar-refractivity contribution in [3.63, 3.8) is 0 Å². The van der Waals surface area contributed by atoms with Crippen LogP contribution in [0.15, 0.2) is 24.5 Å². The molecule has 0 bridgehead atoms. The molecule has 7 heteroatoms. The van der Waals surface area contributed by atoms with Crippen molar-refractivity contribution in [3.05, 3.63) is 24.5 Å². The third-order valence-corrected chi connectivity index (χ3v) is 3.75. The number of hydrogen-bond acceptors (Lipinski definition) is 3. The number of carbonyl (C=O) groups is 1. The van der Waals surface area contributed by atoms with Gasteiger partial charge in [-0.25, -0.2) is 0 Å².